The van der Waals surface area contributed by atoms with Gasteiger partial charge in [0, 0.05) is 24.5 Å². The third-order valence-electron chi connectivity index (χ3n) is 4.54. The van der Waals surface area contributed by atoms with Crippen molar-refractivity contribution in [1.82, 2.24) is 14.9 Å². The molecule has 3 aromatic rings. The number of halogens is 1. The lowest BCUT2D eigenvalue weighted by atomic mass is 10.1. The molecule has 1 aromatic heterocycles. The van der Waals surface area contributed by atoms with Crippen LogP contribution in [0.5, 0.6) is 0 Å². The summed E-state index contributed by atoms with van der Waals surface area (Å²) in [4.78, 5) is 33.9. The van der Waals surface area contributed by atoms with E-state index in [4.69, 9.17) is 11.6 Å². The fourth-order valence-corrected chi connectivity index (χ4v) is 3.36. The fourth-order valence-electron chi connectivity index (χ4n) is 3.16. The van der Waals surface area contributed by atoms with Gasteiger partial charge < -0.3 is 9.88 Å². The number of aromatic nitrogens is 2. The minimum atomic E-state index is -0.404. The normalized spacial score (nSPS) is 17.0. The number of rotatable bonds is 4. The Morgan fingerprint density at radius 3 is 2.81 bits per heavy atom. The predicted octanol–water partition coefficient (Wildman–Crippen LogP) is 3.20. The minimum absolute atomic E-state index is 0.0466. The lowest BCUT2D eigenvalue weighted by Gasteiger charge is -2.17. The molecule has 1 aliphatic rings. The number of imidazole rings is 1. The molecule has 0 aliphatic carbocycles. The summed E-state index contributed by atoms with van der Waals surface area (Å²) < 4.78 is 0. The van der Waals surface area contributed by atoms with Crippen molar-refractivity contribution in [3.05, 3.63) is 59.1 Å². The molecule has 0 saturated carbocycles. The number of fused-ring (bicyclic) bond motifs is 1. The molecule has 0 unspecified atom stereocenters. The molecule has 0 bridgehead atoms. The number of nitrogens with one attached hydrogen (secondary N) is 2. The second-order valence-electron chi connectivity index (χ2n) is 6.36. The Balaban J connectivity index is 1.42. The first-order valence-electron chi connectivity index (χ1n) is 8.37. The fraction of sp³-hybridized carbons (Fsp3) is 0.211. The molecule has 1 aliphatic heterocycles. The van der Waals surface area contributed by atoms with Gasteiger partial charge in [-0.2, -0.15) is 0 Å². The van der Waals surface area contributed by atoms with Gasteiger partial charge in [-0.05, 0) is 23.8 Å². The summed E-state index contributed by atoms with van der Waals surface area (Å²) in [5, 5.41) is 3.40. The maximum absolute atomic E-state index is 12.5. The highest BCUT2D eigenvalue weighted by atomic mass is 35.5. The molecule has 132 valence electrons. The minimum Gasteiger partial charge on any atom is -0.337 e. The van der Waals surface area contributed by atoms with E-state index >= 15 is 0 Å². The van der Waals surface area contributed by atoms with E-state index in [1.54, 1.807) is 11.0 Å². The van der Waals surface area contributed by atoms with Crippen molar-refractivity contribution in [2.75, 3.05) is 11.9 Å². The third-order valence-corrected chi connectivity index (χ3v) is 4.90. The van der Waals surface area contributed by atoms with Crippen molar-refractivity contribution in [3.63, 3.8) is 0 Å². The van der Waals surface area contributed by atoms with Gasteiger partial charge in [-0.15, -0.1) is 0 Å². The maximum Gasteiger partial charge on any atom is 0.232 e. The second-order valence-corrected chi connectivity index (χ2v) is 6.77. The number of nitrogens with zero attached hydrogens (tertiary/aromatic N) is 2. The van der Waals surface area contributed by atoms with Crippen molar-refractivity contribution in [2.24, 2.45) is 5.92 Å². The summed E-state index contributed by atoms with van der Waals surface area (Å²) in [6, 6.07) is 15.0. The molecule has 7 heteroatoms. The van der Waals surface area contributed by atoms with Crippen LogP contribution in [0.2, 0.25) is 5.02 Å². The number of para-hydroxylation sites is 2. The molecular weight excluding hydrogens is 352 g/mol. The van der Waals surface area contributed by atoms with E-state index in [0.717, 1.165) is 16.6 Å². The molecular formula is C19H17ClN4O2. The van der Waals surface area contributed by atoms with Crippen LogP contribution in [-0.4, -0.2) is 33.2 Å². The largest absolute Gasteiger partial charge is 0.337 e. The van der Waals surface area contributed by atoms with Crippen LogP contribution in [0.25, 0.3) is 11.0 Å². The maximum atomic E-state index is 12.5. The summed E-state index contributed by atoms with van der Waals surface area (Å²) >= 11 is 6.17. The van der Waals surface area contributed by atoms with E-state index in [1.165, 1.54) is 0 Å². The van der Waals surface area contributed by atoms with Gasteiger partial charge in [-0.25, -0.2) is 4.98 Å². The highest BCUT2D eigenvalue weighted by Crippen LogP contribution is 2.24. The molecule has 1 fully saturated rings. The monoisotopic (exact) mass is 368 g/mol. The van der Waals surface area contributed by atoms with Gasteiger partial charge >= 0.3 is 0 Å². The van der Waals surface area contributed by atoms with Crippen LogP contribution in [0, 0.1) is 5.92 Å². The molecule has 26 heavy (non-hydrogen) atoms. The number of likely N-dealkylation sites (tertiary alicyclic amines) is 1. The van der Waals surface area contributed by atoms with E-state index in [1.807, 2.05) is 42.5 Å². The van der Waals surface area contributed by atoms with Gasteiger partial charge in [0.2, 0.25) is 17.8 Å². The van der Waals surface area contributed by atoms with E-state index < -0.39 is 5.92 Å². The quantitative estimate of drug-likeness (QED) is 0.742. The Kier molecular flexibility index (Phi) is 4.34. The van der Waals surface area contributed by atoms with E-state index in [-0.39, 0.29) is 18.2 Å². The first-order valence-corrected chi connectivity index (χ1v) is 8.75. The van der Waals surface area contributed by atoms with Crippen LogP contribution in [-0.2, 0) is 16.1 Å². The van der Waals surface area contributed by atoms with Gasteiger partial charge in [0.15, 0.2) is 0 Å². The zero-order chi connectivity index (χ0) is 18.1. The van der Waals surface area contributed by atoms with Crippen LogP contribution in [0.4, 0.5) is 5.95 Å². The Hall–Kier alpha value is -2.86. The number of anilines is 1. The first kappa shape index (κ1) is 16.6. The van der Waals surface area contributed by atoms with Crippen molar-refractivity contribution in [2.45, 2.75) is 13.0 Å². The highest BCUT2D eigenvalue weighted by Gasteiger charge is 2.34. The van der Waals surface area contributed by atoms with Crippen LogP contribution in [0.15, 0.2) is 48.5 Å². The molecule has 6 nitrogen and oxygen atoms in total. The number of amides is 2. The van der Waals surface area contributed by atoms with Crippen molar-refractivity contribution in [1.29, 1.82) is 0 Å². The number of carbonyl (C=O) groups excluding carboxylic acids is 2. The first-order chi connectivity index (χ1) is 12.6. The lowest BCUT2D eigenvalue weighted by Crippen LogP contribution is -2.28. The molecule has 1 atom stereocenters. The molecule has 2 N–H and O–H groups in total. The number of hydrogen-bond donors (Lipinski definition) is 2. The number of hydrogen-bond acceptors (Lipinski definition) is 3. The van der Waals surface area contributed by atoms with Gasteiger partial charge in [0.05, 0.1) is 17.0 Å². The Morgan fingerprint density at radius 1 is 1.23 bits per heavy atom. The average molecular weight is 369 g/mol. The van der Waals surface area contributed by atoms with E-state index in [9.17, 15) is 9.59 Å². The van der Waals surface area contributed by atoms with Crippen LogP contribution in [0.1, 0.15) is 12.0 Å². The molecule has 2 amide bonds. The third kappa shape index (κ3) is 3.28. The standard InChI is InChI=1S/C19H17ClN4O2/c20-14-6-2-1-5-12(14)10-24-11-13(9-17(24)25)18(26)23-19-21-15-7-3-4-8-16(15)22-19/h1-8,13H,9-11H2,(H2,21,22,23,26)/t13-/m0/s1. The van der Waals surface area contributed by atoms with E-state index in [0.29, 0.717) is 24.1 Å². The zero-order valence-electron chi connectivity index (χ0n) is 13.9. The summed E-state index contributed by atoms with van der Waals surface area (Å²) in [5.74, 6) is -0.264. The second kappa shape index (κ2) is 6.80. The highest BCUT2D eigenvalue weighted by molar-refractivity contribution is 6.31. The van der Waals surface area contributed by atoms with Gasteiger partial charge in [-0.1, -0.05) is 41.9 Å². The summed E-state index contributed by atoms with van der Waals surface area (Å²) in [7, 11) is 0. The van der Waals surface area contributed by atoms with Gasteiger partial charge in [0.25, 0.3) is 0 Å². The Bertz CT molecular complexity index is 951. The topological polar surface area (TPSA) is 78.1 Å². The van der Waals surface area contributed by atoms with Crippen LogP contribution in [0.3, 0.4) is 0 Å². The van der Waals surface area contributed by atoms with Crippen molar-refractivity contribution in [3.8, 4) is 0 Å². The summed E-state index contributed by atoms with van der Waals surface area (Å²) in [5.41, 5.74) is 2.51. The Morgan fingerprint density at radius 2 is 2.00 bits per heavy atom. The van der Waals surface area contributed by atoms with Gasteiger partial charge in [0.1, 0.15) is 0 Å². The van der Waals surface area contributed by atoms with Crippen molar-refractivity contribution >= 4 is 40.4 Å². The number of H-pyrrole nitrogens is 1. The molecule has 0 radical (unpaired) electrons. The average Bonchev–Trinajstić information content (AvgIpc) is 3.20. The molecule has 2 aromatic carbocycles. The van der Waals surface area contributed by atoms with E-state index in [2.05, 4.69) is 15.3 Å². The van der Waals surface area contributed by atoms with Gasteiger partial charge in [-0.3, -0.25) is 14.9 Å². The van der Waals surface area contributed by atoms with Crippen LogP contribution >= 0.6 is 11.6 Å². The molecule has 4 rings (SSSR count). The van der Waals surface area contributed by atoms with Crippen molar-refractivity contribution < 1.29 is 9.59 Å². The number of carbonyl (C=O) groups is 2. The number of benzene rings is 2. The molecule has 1 saturated heterocycles. The SMILES string of the molecule is O=C(Nc1nc2ccccc2[nH]1)[C@H]1CC(=O)N(Cc2ccccc2Cl)C1. The summed E-state index contributed by atoms with van der Waals surface area (Å²) in [6.45, 7) is 0.781. The smallest absolute Gasteiger partial charge is 0.232 e. The molecule has 2 heterocycles. The molecule has 0 spiro atoms. The van der Waals surface area contributed by atoms with Crippen LogP contribution < -0.4 is 5.32 Å². The Labute approximate surface area is 155 Å². The zero-order valence-corrected chi connectivity index (χ0v) is 14.7. The lowest BCUT2D eigenvalue weighted by molar-refractivity contribution is -0.128. The summed E-state index contributed by atoms with van der Waals surface area (Å²) in [6.07, 6.45) is 0.191. The predicted molar refractivity (Wildman–Crippen MR) is 99.7 cm³/mol. The number of aromatic amines is 1.